The molecular formula is C41H38F6N4O. The van der Waals surface area contributed by atoms with Crippen molar-refractivity contribution in [2.75, 3.05) is 0 Å². The van der Waals surface area contributed by atoms with Crippen molar-refractivity contribution in [3.05, 3.63) is 119 Å². The Bertz CT molecular complexity index is 2320. The van der Waals surface area contributed by atoms with E-state index in [0.717, 1.165) is 40.1 Å². The molecule has 3 aromatic heterocycles. The van der Waals surface area contributed by atoms with Crippen LogP contribution in [0.3, 0.4) is 0 Å². The van der Waals surface area contributed by atoms with Crippen LogP contribution in [0.1, 0.15) is 62.0 Å². The molecule has 0 N–H and O–H groups in total. The number of aryl methyl sites for hydroxylation is 1. The second kappa shape index (κ2) is 12.9. The van der Waals surface area contributed by atoms with Crippen LogP contribution in [-0.4, -0.2) is 31.7 Å². The number of benzene rings is 3. The summed E-state index contributed by atoms with van der Waals surface area (Å²) >= 11 is 0. The van der Waals surface area contributed by atoms with Gasteiger partial charge in [0.2, 0.25) is 0 Å². The van der Waals surface area contributed by atoms with E-state index in [-0.39, 0.29) is 28.8 Å². The fourth-order valence-corrected chi connectivity index (χ4v) is 7.67. The third-order valence-electron chi connectivity index (χ3n) is 9.70. The van der Waals surface area contributed by atoms with E-state index in [1.807, 2.05) is 42.6 Å². The predicted octanol–water partition coefficient (Wildman–Crippen LogP) is 11.9. The highest BCUT2D eigenvalue weighted by Gasteiger charge is 2.54. The Morgan fingerprint density at radius 3 is 2.27 bits per heavy atom. The first-order valence-corrected chi connectivity index (χ1v) is 17.2. The third kappa shape index (κ3) is 6.68. The van der Waals surface area contributed by atoms with Crippen molar-refractivity contribution in [1.82, 2.24) is 19.3 Å². The Balaban J connectivity index is 1.26. The van der Waals surface area contributed by atoms with Crippen molar-refractivity contribution in [2.24, 2.45) is 11.3 Å². The van der Waals surface area contributed by atoms with Crippen molar-refractivity contribution in [3.8, 4) is 23.0 Å². The van der Waals surface area contributed by atoms with Gasteiger partial charge in [0.05, 0.1) is 28.3 Å². The van der Waals surface area contributed by atoms with Gasteiger partial charge in [0.1, 0.15) is 17.3 Å². The lowest BCUT2D eigenvalue weighted by Crippen LogP contribution is -2.36. The van der Waals surface area contributed by atoms with Crippen LogP contribution in [0.5, 0.6) is 11.5 Å². The van der Waals surface area contributed by atoms with Gasteiger partial charge in [-0.05, 0) is 86.6 Å². The highest BCUT2D eigenvalue weighted by Crippen LogP contribution is 2.53. The highest BCUT2D eigenvalue weighted by molar-refractivity contribution is 6.09. The lowest BCUT2D eigenvalue weighted by atomic mass is 9.73. The van der Waals surface area contributed by atoms with Crippen LogP contribution in [0.15, 0.2) is 96.7 Å². The monoisotopic (exact) mass is 716 g/mol. The zero-order valence-electron chi connectivity index (χ0n) is 29.4. The number of allylic oxidation sites excluding steroid dienone is 2. The molecule has 7 rings (SSSR count). The van der Waals surface area contributed by atoms with E-state index in [1.54, 1.807) is 24.3 Å². The maximum Gasteiger partial charge on any atom is 0.412 e. The molecule has 6 aromatic rings. The number of halogens is 6. The Labute approximate surface area is 297 Å². The molecule has 0 aliphatic heterocycles. The normalized spacial score (nSPS) is 17.2. The molecule has 1 aliphatic carbocycles. The third-order valence-corrected chi connectivity index (χ3v) is 9.70. The fraction of sp³-hybridized carbons (Fsp3) is 0.317. The molecule has 0 spiro atoms. The number of alkyl halides is 6. The lowest BCUT2D eigenvalue weighted by molar-refractivity contribution is -0.187. The summed E-state index contributed by atoms with van der Waals surface area (Å²) < 4.78 is 95.0. The molecule has 52 heavy (non-hydrogen) atoms. The predicted molar refractivity (Wildman–Crippen MR) is 191 cm³/mol. The molecule has 2 atom stereocenters. The summed E-state index contributed by atoms with van der Waals surface area (Å²) in [5.41, 5.74) is 2.67. The molecule has 0 radical (unpaired) electrons. The average Bonchev–Trinajstić information content (AvgIpc) is 3.55. The molecule has 0 amide bonds. The summed E-state index contributed by atoms with van der Waals surface area (Å²) in [5.74, 6) is -2.37. The number of hydrogen-bond acceptors (Lipinski definition) is 3. The first-order valence-electron chi connectivity index (χ1n) is 17.2. The first-order chi connectivity index (χ1) is 24.5. The van der Waals surface area contributed by atoms with Crippen LogP contribution < -0.4 is 4.74 Å². The van der Waals surface area contributed by atoms with Crippen LogP contribution in [0.4, 0.5) is 26.3 Å². The van der Waals surface area contributed by atoms with E-state index in [9.17, 15) is 26.3 Å². The summed E-state index contributed by atoms with van der Waals surface area (Å²) in [4.78, 5) is 4.74. The summed E-state index contributed by atoms with van der Waals surface area (Å²) in [5, 5.41) is 6.54. The average molecular weight is 717 g/mol. The number of nitrogens with zero attached hydrogens (tertiary/aromatic N) is 4. The molecule has 0 saturated heterocycles. The van der Waals surface area contributed by atoms with E-state index in [1.165, 1.54) is 24.1 Å². The molecule has 1 aliphatic rings. The van der Waals surface area contributed by atoms with Gasteiger partial charge in [-0.25, -0.2) is 9.67 Å². The molecule has 0 fully saturated rings. The number of rotatable bonds is 6. The minimum Gasteiger partial charge on any atom is -0.457 e. The van der Waals surface area contributed by atoms with Gasteiger partial charge in [-0.15, -0.1) is 0 Å². The van der Waals surface area contributed by atoms with Crippen LogP contribution in [-0.2, 0) is 6.42 Å². The van der Waals surface area contributed by atoms with Gasteiger partial charge >= 0.3 is 12.4 Å². The van der Waals surface area contributed by atoms with Gasteiger partial charge in [0, 0.05) is 51.9 Å². The second-order valence-corrected chi connectivity index (χ2v) is 14.7. The second-order valence-electron chi connectivity index (χ2n) is 14.7. The quantitative estimate of drug-likeness (QED) is 0.127. The molecule has 0 saturated carbocycles. The molecule has 0 bridgehead atoms. The molecule has 3 heterocycles. The Hall–Kier alpha value is -5.06. The first kappa shape index (κ1) is 35.3. The molecule has 270 valence electrons. The van der Waals surface area contributed by atoms with Crippen LogP contribution in [0.2, 0.25) is 0 Å². The van der Waals surface area contributed by atoms with Crippen LogP contribution in [0, 0.1) is 25.2 Å². The topological polar surface area (TPSA) is 44.9 Å². The van der Waals surface area contributed by atoms with Crippen molar-refractivity contribution < 1.29 is 31.1 Å². The molecule has 1 unspecified atom stereocenters. The fourth-order valence-electron chi connectivity index (χ4n) is 7.67. The highest BCUT2D eigenvalue weighted by atomic mass is 19.4. The number of para-hydroxylation sites is 1. The van der Waals surface area contributed by atoms with Crippen molar-refractivity contribution in [1.29, 1.82) is 0 Å². The Morgan fingerprint density at radius 2 is 1.54 bits per heavy atom. The number of fused-ring (bicyclic) bond motifs is 3. The van der Waals surface area contributed by atoms with E-state index in [2.05, 4.69) is 48.6 Å². The van der Waals surface area contributed by atoms with Crippen molar-refractivity contribution in [3.63, 3.8) is 0 Å². The summed E-state index contributed by atoms with van der Waals surface area (Å²) in [6, 6.07) is 24.8. The van der Waals surface area contributed by atoms with Gasteiger partial charge in [0.15, 0.2) is 0 Å². The zero-order valence-corrected chi connectivity index (χ0v) is 29.4. The molecule has 5 nitrogen and oxygen atoms in total. The van der Waals surface area contributed by atoms with E-state index < -0.39 is 36.2 Å². The summed E-state index contributed by atoms with van der Waals surface area (Å²) in [7, 11) is 0. The number of ether oxygens (including phenoxy) is 1. The van der Waals surface area contributed by atoms with Gasteiger partial charge in [-0.3, -0.25) is 4.57 Å². The lowest BCUT2D eigenvalue weighted by Gasteiger charge is -2.35. The SMILES string of the molecule is Cc1nn(-c2cccc(Oc3ccc4c5ccccc5n(-c5cc(CC(C)(C)C)ccn5)c4c3)c2)c(C)c1C1C(C(F)(F)F)=CCC[C@@H]1C(F)(F)F. The number of hydrogen-bond donors (Lipinski definition) is 0. The summed E-state index contributed by atoms with van der Waals surface area (Å²) in [6.45, 7) is 9.55. The van der Waals surface area contributed by atoms with Gasteiger partial charge in [-0.1, -0.05) is 51.1 Å². The maximum atomic E-state index is 14.2. The summed E-state index contributed by atoms with van der Waals surface area (Å²) in [6.07, 6.45) is -6.86. The van der Waals surface area contributed by atoms with E-state index in [4.69, 9.17) is 9.72 Å². The maximum absolute atomic E-state index is 14.2. The van der Waals surface area contributed by atoms with Crippen LogP contribution >= 0.6 is 0 Å². The molecular weight excluding hydrogens is 678 g/mol. The largest absolute Gasteiger partial charge is 0.457 e. The van der Waals surface area contributed by atoms with Crippen molar-refractivity contribution in [2.45, 2.75) is 72.2 Å². The Kier molecular flexibility index (Phi) is 8.74. The van der Waals surface area contributed by atoms with Crippen LogP contribution in [0.25, 0.3) is 33.3 Å². The van der Waals surface area contributed by atoms with Gasteiger partial charge in [0.25, 0.3) is 0 Å². The molecule has 11 heteroatoms. The minimum atomic E-state index is -4.92. The zero-order chi connectivity index (χ0) is 37.2. The van der Waals surface area contributed by atoms with E-state index >= 15 is 0 Å². The Morgan fingerprint density at radius 1 is 0.808 bits per heavy atom. The smallest absolute Gasteiger partial charge is 0.412 e. The number of pyridine rings is 1. The van der Waals surface area contributed by atoms with Gasteiger partial charge < -0.3 is 4.74 Å². The van der Waals surface area contributed by atoms with E-state index in [0.29, 0.717) is 17.2 Å². The van der Waals surface area contributed by atoms with Crippen molar-refractivity contribution >= 4 is 21.8 Å². The molecule has 3 aromatic carbocycles. The van der Waals surface area contributed by atoms with Gasteiger partial charge in [-0.2, -0.15) is 31.4 Å². The minimum absolute atomic E-state index is 0.0598. The number of aromatic nitrogens is 4. The standard InChI is InChI=1S/C41H38F6N4O/c1-24-37(38-32(40(42,43)44)13-9-14-33(38)41(45,46)47)25(2)51(49-24)27-10-8-11-28(21-27)52-29-16-17-31-30-12-6-7-15-34(30)50(35(31)22-29)36-20-26(18-19-48-36)23-39(3,4)5/h6-8,10-13,15-22,33,38H,9,14,23H2,1-5H3/t33-,38?/m0/s1.